The second-order valence-corrected chi connectivity index (χ2v) is 4.65. The maximum Gasteiger partial charge on any atom is 0.174 e. The lowest BCUT2D eigenvalue weighted by atomic mass is 10.2. The standard InChI is InChI=1S/C9H11BrN4O/c1-13-5-14(6-3-15-4-6)9-8(13)11-2-7(10)12-9/h2,6H,3-5H2,1H3. The summed E-state index contributed by atoms with van der Waals surface area (Å²) < 4.78 is 5.99. The number of ether oxygens (including phenoxy) is 1. The fraction of sp³-hybridized carbons (Fsp3) is 0.556. The molecule has 0 radical (unpaired) electrons. The molecule has 0 aliphatic carbocycles. The summed E-state index contributed by atoms with van der Waals surface area (Å²) in [5.41, 5.74) is 0. The molecule has 0 amide bonds. The van der Waals surface area contributed by atoms with Gasteiger partial charge in [-0.25, -0.2) is 9.97 Å². The molecule has 1 fully saturated rings. The van der Waals surface area contributed by atoms with Gasteiger partial charge >= 0.3 is 0 Å². The molecular weight excluding hydrogens is 260 g/mol. The van der Waals surface area contributed by atoms with Crippen LogP contribution in [0.15, 0.2) is 10.8 Å². The van der Waals surface area contributed by atoms with E-state index in [0.717, 1.165) is 36.1 Å². The molecule has 1 aromatic rings. The van der Waals surface area contributed by atoms with Crippen molar-refractivity contribution in [3.63, 3.8) is 0 Å². The van der Waals surface area contributed by atoms with Crippen LogP contribution in [0.2, 0.25) is 0 Å². The van der Waals surface area contributed by atoms with Gasteiger partial charge in [-0.1, -0.05) is 0 Å². The molecule has 1 aromatic heterocycles. The topological polar surface area (TPSA) is 41.5 Å². The van der Waals surface area contributed by atoms with Gasteiger partial charge in [0.2, 0.25) is 0 Å². The van der Waals surface area contributed by atoms with Gasteiger partial charge in [-0.2, -0.15) is 0 Å². The first-order chi connectivity index (χ1) is 7.25. The Balaban J connectivity index is 1.99. The molecule has 0 atom stereocenters. The summed E-state index contributed by atoms with van der Waals surface area (Å²) in [5, 5.41) is 0. The van der Waals surface area contributed by atoms with Crippen molar-refractivity contribution in [3.05, 3.63) is 10.8 Å². The van der Waals surface area contributed by atoms with Gasteiger partial charge in [0.15, 0.2) is 11.6 Å². The average Bonchev–Trinajstić information content (AvgIpc) is 2.41. The highest BCUT2D eigenvalue weighted by molar-refractivity contribution is 9.10. The van der Waals surface area contributed by atoms with Gasteiger partial charge in [0.1, 0.15) is 4.60 Å². The van der Waals surface area contributed by atoms with Gasteiger partial charge in [-0.3, -0.25) is 0 Å². The van der Waals surface area contributed by atoms with Crippen molar-refractivity contribution in [2.24, 2.45) is 0 Å². The normalized spacial score (nSPS) is 20.4. The first-order valence-corrected chi connectivity index (χ1v) is 5.63. The Labute approximate surface area is 96.2 Å². The van der Waals surface area contributed by atoms with Crippen LogP contribution >= 0.6 is 15.9 Å². The molecule has 3 rings (SSSR count). The van der Waals surface area contributed by atoms with E-state index in [-0.39, 0.29) is 0 Å². The smallest absolute Gasteiger partial charge is 0.174 e. The van der Waals surface area contributed by atoms with Crippen LogP contribution in [0.25, 0.3) is 0 Å². The summed E-state index contributed by atoms with van der Waals surface area (Å²) in [5.74, 6) is 1.91. The van der Waals surface area contributed by atoms with Crippen LogP contribution in [0, 0.1) is 0 Å². The molecule has 80 valence electrons. The van der Waals surface area contributed by atoms with E-state index in [9.17, 15) is 0 Å². The highest BCUT2D eigenvalue weighted by Crippen LogP contribution is 2.34. The fourth-order valence-corrected chi connectivity index (χ4v) is 2.14. The molecule has 6 heteroatoms. The SMILES string of the molecule is CN1CN(C2COC2)c2nc(Br)cnc21. The van der Waals surface area contributed by atoms with Gasteiger partial charge in [-0.15, -0.1) is 0 Å². The minimum absolute atomic E-state index is 0.456. The Bertz CT molecular complexity index is 396. The first kappa shape index (κ1) is 9.35. The third-order valence-corrected chi connectivity index (χ3v) is 3.15. The molecule has 0 N–H and O–H groups in total. The lowest BCUT2D eigenvalue weighted by Gasteiger charge is -2.35. The van der Waals surface area contributed by atoms with E-state index in [1.54, 1.807) is 6.20 Å². The summed E-state index contributed by atoms with van der Waals surface area (Å²) in [6, 6.07) is 0.456. The minimum atomic E-state index is 0.456. The van der Waals surface area contributed by atoms with Crippen molar-refractivity contribution < 1.29 is 4.74 Å². The number of halogens is 1. The predicted octanol–water partition coefficient (Wildman–Crippen LogP) is 0.852. The molecular formula is C9H11BrN4O. The lowest BCUT2D eigenvalue weighted by Crippen LogP contribution is -2.50. The molecule has 0 saturated carbocycles. The molecule has 2 aliphatic rings. The molecule has 0 unspecified atom stereocenters. The van der Waals surface area contributed by atoms with Crippen molar-refractivity contribution in [2.75, 3.05) is 36.7 Å². The van der Waals surface area contributed by atoms with Crippen molar-refractivity contribution in [1.82, 2.24) is 9.97 Å². The molecule has 0 aromatic carbocycles. The maximum atomic E-state index is 5.21. The van der Waals surface area contributed by atoms with E-state index in [0.29, 0.717) is 6.04 Å². The second-order valence-electron chi connectivity index (χ2n) is 3.84. The number of aromatic nitrogens is 2. The van der Waals surface area contributed by atoms with Crippen molar-refractivity contribution in [3.8, 4) is 0 Å². The fourth-order valence-electron chi connectivity index (χ4n) is 1.87. The zero-order chi connectivity index (χ0) is 10.4. The molecule has 3 heterocycles. The third-order valence-electron chi connectivity index (χ3n) is 2.77. The number of fused-ring (bicyclic) bond motifs is 1. The van der Waals surface area contributed by atoms with Crippen LogP contribution in [0.4, 0.5) is 11.6 Å². The van der Waals surface area contributed by atoms with Gasteiger partial charge in [0, 0.05) is 7.05 Å². The molecule has 2 aliphatic heterocycles. The van der Waals surface area contributed by atoms with Crippen LogP contribution in [0.1, 0.15) is 0 Å². The predicted molar refractivity (Wildman–Crippen MR) is 60.1 cm³/mol. The largest absolute Gasteiger partial charge is 0.377 e. The van der Waals surface area contributed by atoms with Crippen LogP contribution in [-0.2, 0) is 4.74 Å². The Morgan fingerprint density at radius 1 is 1.47 bits per heavy atom. The quantitative estimate of drug-likeness (QED) is 0.757. The minimum Gasteiger partial charge on any atom is -0.377 e. The zero-order valence-electron chi connectivity index (χ0n) is 8.35. The molecule has 0 spiro atoms. The highest BCUT2D eigenvalue weighted by atomic mass is 79.9. The summed E-state index contributed by atoms with van der Waals surface area (Å²) in [7, 11) is 2.03. The molecule has 15 heavy (non-hydrogen) atoms. The van der Waals surface area contributed by atoms with Crippen molar-refractivity contribution >= 4 is 27.6 Å². The average molecular weight is 271 g/mol. The number of hydrogen-bond acceptors (Lipinski definition) is 5. The van der Waals surface area contributed by atoms with E-state index in [4.69, 9.17) is 4.74 Å². The van der Waals surface area contributed by atoms with Crippen molar-refractivity contribution in [2.45, 2.75) is 6.04 Å². The van der Waals surface area contributed by atoms with Crippen LogP contribution in [0.5, 0.6) is 0 Å². The molecule has 5 nitrogen and oxygen atoms in total. The summed E-state index contributed by atoms with van der Waals surface area (Å²) in [6.07, 6.45) is 1.73. The Kier molecular flexibility index (Phi) is 2.07. The van der Waals surface area contributed by atoms with E-state index >= 15 is 0 Å². The van der Waals surface area contributed by atoms with Gasteiger partial charge in [0.05, 0.1) is 32.1 Å². The zero-order valence-corrected chi connectivity index (χ0v) is 9.94. The van der Waals surface area contributed by atoms with Crippen LogP contribution < -0.4 is 9.80 Å². The Hall–Kier alpha value is -0.880. The summed E-state index contributed by atoms with van der Waals surface area (Å²) >= 11 is 3.35. The van der Waals surface area contributed by atoms with Gasteiger partial charge in [-0.05, 0) is 15.9 Å². The summed E-state index contributed by atoms with van der Waals surface area (Å²) in [6.45, 7) is 2.43. The number of hydrogen-bond donors (Lipinski definition) is 0. The Morgan fingerprint density at radius 2 is 2.27 bits per heavy atom. The first-order valence-electron chi connectivity index (χ1n) is 4.84. The number of nitrogens with zero attached hydrogens (tertiary/aromatic N) is 4. The Morgan fingerprint density at radius 3 is 2.93 bits per heavy atom. The second kappa shape index (κ2) is 3.31. The highest BCUT2D eigenvalue weighted by Gasteiger charge is 2.35. The third kappa shape index (κ3) is 1.39. The number of rotatable bonds is 1. The van der Waals surface area contributed by atoms with Crippen molar-refractivity contribution in [1.29, 1.82) is 0 Å². The summed E-state index contributed by atoms with van der Waals surface area (Å²) in [4.78, 5) is 13.2. The maximum absolute atomic E-state index is 5.21. The van der Waals surface area contributed by atoms with Crippen LogP contribution in [-0.4, -0.2) is 42.9 Å². The van der Waals surface area contributed by atoms with E-state index in [1.165, 1.54) is 0 Å². The van der Waals surface area contributed by atoms with E-state index in [2.05, 4.69) is 35.7 Å². The van der Waals surface area contributed by atoms with Gasteiger partial charge in [0.25, 0.3) is 0 Å². The molecule has 0 bridgehead atoms. The molecule has 1 saturated heterocycles. The van der Waals surface area contributed by atoms with Gasteiger partial charge < -0.3 is 14.5 Å². The lowest BCUT2D eigenvalue weighted by molar-refractivity contribution is 0.00860. The van der Waals surface area contributed by atoms with E-state index in [1.807, 2.05) is 7.05 Å². The van der Waals surface area contributed by atoms with E-state index < -0.39 is 0 Å². The monoisotopic (exact) mass is 270 g/mol. The number of anilines is 2. The van der Waals surface area contributed by atoms with Crippen LogP contribution in [0.3, 0.4) is 0 Å².